The van der Waals surface area contributed by atoms with Gasteiger partial charge in [0.15, 0.2) is 15.0 Å². The second-order valence-corrected chi connectivity index (χ2v) is 10.4. The van der Waals surface area contributed by atoms with Gasteiger partial charge in [-0.05, 0) is 40.8 Å². The second kappa shape index (κ2) is 7.23. The fourth-order valence-electron chi connectivity index (χ4n) is 2.87. The highest BCUT2D eigenvalue weighted by Crippen LogP contribution is 2.41. The fraction of sp³-hybridized carbons (Fsp3) is 0.400. The summed E-state index contributed by atoms with van der Waals surface area (Å²) < 4.78 is 24.9. The first-order valence-corrected chi connectivity index (χ1v) is 11.3. The van der Waals surface area contributed by atoms with E-state index in [0.29, 0.717) is 5.17 Å². The molecule has 1 amide bonds. The molecule has 2 unspecified atom stereocenters. The molecule has 25 heavy (non-hydrogen) atoms. The molecule has 1 N–H and O–H groups in total. The Kier molecular flexibility index (Phi) is 5.40. The first-order valence-electron chi connectivity index (χ1n) is 7.50. The van der Waals surface area contributed by atoms with E-state index in [1.807, 2.05) is 24.3 Å². The van der Waals surface area contributed by atoms with Gasteiger partial charge in [-0.1, -0.05) is 17.8 Å². The molecule has 2 aliphatic rings. The lowest BCUT2D eigenvalue weighted by Crippen LogP contribution is -2.37. The van der Waals surface area contributed by atoms with Crippen LogP contribution in [-0.2, 0) is 19.4 Å². The van der Waals surface area contributed by atoms with Gasteiger partial charge in [-0.15, -0.1) is 0 Å². The zero-order valence-electron chi connectivity index (χ0n) is 13.0. The van der Waals surface area contributed by atoms with Crippen LogP contribution in [0.15, 0.2) is 29.3 Å². The van der Waals surface area contributed by atoms with Crippen molar-refractivity contribution in [2.45, 2.75) is 24.1 Å². The van der Waals surface area contributed by atoms with Crippen LogP contribution in [-0.4, -0.2) is 53.4 Å². The van der Waals surface area contributed by atoms with E-state index in [1.165, 1.54) is 11.8 Å². The molecular formula is C15H15IN2O5S2. The minimum absolute atomic E-state index is 0.0263. The lowest BCUT2D eigenvalue weighted by molar-refractivity contribution is -0.138. The maximum absolute atomic E-state index is 12.0. The number of carbonyl (C=O) groups is 2. The Morgan fingerprint density at radius 2 is 2.08 bits per heavy atom. The molecule has 2 fully saturated rings. The number of carboxylic acid groups (broad SMARTS) is 1. The normalized spacial score (nSPS) is 26.0. The topological polar surface area (TPSA) is 104 Å². The van der Waals surface area contributed by atoms with Crippen LogP contribution in [0, 0.1) is 3.57 Å². The number of anilines is 1. The van der Waals surface area contributed by atoms with Gasteiger partial charge in [-0.2, -0.15) is 4.99 Å². The van der Waals surface area contributed by atoms with Gasteiger partial charge in [-0.3, -0.25) is 9.59 Å². The van der Waals surface area contributed by atoms with E-state index in [1.54, 1.807) is 4.90 Å². The van der Waals surface area contributed by atoms with Crippen LogP contribution < -0.4 is 4.90 Å². The van der Waals surface area contributed by atoms with E-state index in [4.69, 9.17) is 5.11 Å². The largest absolute Gasteiger partial charge is 0.481 e. The zero-order chi connectivity index (χ0) is 18.2. The molecule has 0 saturated carbocycles. The van der Waals surface area contributed by atoms with Crippen molar-refractivity contribution in [2.75, 3.05) is 16.4 Å². The molecule has 0 spiro atoms. The van der Waals surface area contributed by atoms with Gasteiger partial charge in [0.2, 0.25) is 5.91 Å². The molecule has 2 saturated heterocycles. The van der Waals surface area contributed by atoms with Gasteiger partial charge in [-0.25, -0.2) is 8.42 Å². The number of halogens is 1. The molecule has 2 atom stereocenters. The highest BCUT2D eigenvalue weighted by Gasteiger charge is 2.49. The molecule has 2 heterocycles. The average Bonchev–Trinajstić information content (AvgIpc) is 2.96. The van der Waals surface area contributed by atoms with E-state index >= 15 is 0 Å². The molecule has 10 heteroatoms. The number of nitrogens with zero attached hydrogens (tertiary/aromatic N) is 2. The third kappa shape index (κ3) is 4.34. The summed E-state index contributed by atoms with van der Waals surface area (Å²) in [4.78, 5) is 28.5. The van der Waals surface area contributed by atoms with E-state index in [2.05, 4.69) is 27.6 Å². The summed E-state index contributed by atoms with van der Waals surface area (Å²) in [6.07, 6.45) is -0.446. The summed E-state index contributed by atoms with van der Waals surface area (Å²) >= 11 is 3.45. The third-order valence-electron chi connectivity index (χ3n) is 3.93. The van der Waals surface area contributed by atoms with Crippen molar-refractivity contribution in [2.24, 2.45) is 4.99 Å². The summed E-state index contributed by atoms with van der Waals surface area (Å²) in [5, 5.41) is 8.96. The Morgan fingerprint density at radius 3 is 2.76 bits per heavy atom. The predicted molar refractivity (Wildman–Crippen MR) is 105 cm³/mol. The Balaban J connectivity index is 1.92. The van der Waals surface area contributed by atoms with Crippen molar-refractivity contribution >= 4 is 66.9 Å². The molecule has 134 valence electrons. The Morgan fingerprint density at radius 1 is 1.32 bits per heavy atom. The van der Waals surface area contributed by atoms with Gasteiger partial charge in [0, 0.05) is 20.9 Å². The molecule has 1 aromatic carbocycles. The monoisotopic (exact) mass is 494 g/mol. The van der Waals surface area contributed by atoms with Crippen molar-refractivity contribution < 1.29 is 23.1 Å². The molecule has 1 aromatic rings. The van der Waals surface area contributed by atoms with Crippen molar-refractivity contribution in [3.05, 3.63) is 27.8 Å². The number of benzene rings is 1. The maximum atomic E-state index is 12.0. The number of hydrogen-bond acceptors (Lipinski definition) is 5. The van der Waals surface area contributed by atoms with Gasteiger partial charge in [0.25, 0.3) is 0 Å². The fourth-order valence-corrected chi connectivity index (χ4v) is 7.33. The number of amidine groups is 1. The van der Waals surface area contributed by atoms with Crippen LogP contribution in [0.25, 0.3) is 0 Å². The highest BCUT2D eigenvalue weighted by atomic mass is 127. The van der Waals surface area contributed by atoms with E-state index in [9.17, 15) is 18.0 Å². The Bertz CT molecular complexity index is 855. The summed E-state index contributed by atoms with van der Waals surface area (Å²) in [5.41, 5.74) is 0.786. The van der Waals surface area contributed by atoms with E-state index < -0.39 is 21.7 Å². The zero-order valence-corrected chi connectivity index (χ0v) is 16.8. The van der Waals surface area contributed by atoms with E-state index in [0.717, 1.165) is 9.26 Å². The van der Waals surface area contributed by atoms with Crippen LogP contribution in [0.2, 0.25) is 0 Å². The van der Waals surface area contributed by atoms with Crippen molar-refractivity contribution in [3.63, 3.8) is 0 Å². The molecule has 3 rings (SSSR count). The molecule has 0 bridgehead atoms. The third-order valence-corrected chi connectivity index (χ3v) is 7.81. The van der Waals surface area contributed by atoms with Crippen LogP contribution >= 0.6 is 34.4 Å². The van der Waals surface area contributed by atoms with Gasteiger partial charge in [0.1, 0.15) is 0 Å². The number of thioether (sulfide) groups is 1. The minimum Gasteiger partial charge on any atom is -0.481 e. The lowest BCUT2D eigenvalue weighted by Gasteiger charge is -2.24. The number of hydrogen-bond donors (Lipinski definition) is 1. The standard InChI is InChI=1S/C15H15IN2O5S2/c16-9-2-1-3-10(6-9)18-11-7-25(22,23)8-12(11)24-15(18)17-13(19)4-5-14(20)21/h1-3,6,11-12H,4-5,7-8H2,(H,20,21). The van der Waals surface area contributed by atoms with E-state index in [-0.39, 0.29) is 35.6 Å². The van der Waals surface area contributed by atoms with Crippen molar-refractivity contribution in [3.8, 4) is 0 Å². The average molecular weight is 494 g/mol. The van der Waals surface area contributed by atoms with Crippen LogP contribution in [0.5, 0.6) is 0 Å². The molecule has 7 nitrogen and oxygen atoms in total. The minimum atomic E-state index is -3.11. The summed E-state index contributed by atoms with van der Waals surface area (Å²) in [6, 6.07) is 7.28. The SMILES string of the molecule is O=C(O)CCC(=O)N=C1SC2CS(=O)(=O)CC2N1c1cccc(I)c1. The van der Waals surface area contributed by atoms with Crippen LogP contribution in [0.1, 0.15) is 12.8 Å². The van der Waals surface area contributed by atoms with Crippen molar-refractivity contribution in [1.29, 1.82) is 0 Å². The molecule has 2 aliphatic heterocycles. The van der Waals surface area contributed by atoms with Crippen LogP contribution in [0.3, 0.4) is 0 Å². The van der Waals surface area contributed by atoms with Crippen molar-refractivity contribution in [1.82, 2.24) is 0 Å². The lowest BCUT2D eigenvalue weighted by atomic mass is 10.2. The van der Waals surface area contributed by atoms with Gasteiger partial charge < -0.3 is 10.0 Å². The molecule has 0 radical (unpaired) electrons. The molecule has 0 aliphatic carbocycles. The molecule has 0 aromatic heterocycles. The number of carboxylic acids is 1. The number of sulfone groups is 1. The Labute approximate surface area is 162 Å². The summed E-state index contributed by atoms with van der Waals surface area (Å²) in [6.45, 7) is 0. The summed E-state index contributed by atoms with van der Waals surface area (Å²) in [5.74, 6) is -1.47. The molecular weight excluding hydrogens is 479 g/mol. The number of fused-ring (bicyclic) bond motifs is 1. The smallest absolute Gasteiger partial charge is 0.303 e. The second-order valence-electron chi connectivity index (χ2n) is 5.83. The first-order chi connectivity index (χ1) is 11.7. The highest BCUT2D eigenvalue weighted by molar-refractivity contribution is 14.1. The van der Waals surface area contributed by atoms with Crippen LogP contribution in [0.4, 0.5) is 5.69 Å². The summed E-state index contributed by atoms with van der Waals surface area (Å²) in [7, 11) is -3.11. The number of rotatable bonds is 4. The number of carbonyl (C=O) groups excluding carboxylic acids is 1. The number of amides is 1. The number of aliphatic carboxylic acids is 1. The Hall–Kier alpha value is -1.14. The quantitative estimate of drug-likeness (QED) is 0.637. The maximum Gasteiger partial charge on any atom is 0.303 e. The predicted octanol–water partition coefficient (Wildman–Crippen LogP) is 1.76. The first kappa shape index (κ1) is 18.6. The number of aliphatic imine (C=N–C) groups is 1. The van der Waals surface area contributed by atoms with Gasteiger partial charge >= 0.3 is 5.97 Å². The van der Waals surface area contributed by atoms with Gasteiger partial charge in [0.05, 0.1) is 24.0 Å².